The summed E-state index contributed by atoms with van der Waals surface area (Å²) in [5, 5.41) is 11.1. The summed E-state index contributed by atoms with van der Waals surface area (Å²) in [5.41, 5.74) is 0.751. The summed E-state index contributed by atoms with van der Waals surface area (Å²) >= 11 is 12.0. The number of carbonyl (C=O) groups excluding carboxylic acids is 1. The average molecular weight is 395 g/mol. The topological polar surface area (TPSA) is 62.5 Å². The Balaban J connectivity index is 2.01. The molecule has 0 fully saturated rings. The highest BCUT2D eigenvalue weighted by atomic mass is 35.5. The second kappa shape index (κ2) is 6.63. The highest BCUT2D eigenvalue weighted by Crippen LogP contribution is 2.29. The molecule has 0 bridgehead atoms. The molecular formula is C19H20Cl2N2O3. The molecule has 26 heavy (non-hydrogen) atoms. The Morgan fingerprint density at radius 3 is 2.38 bits per heavy atom. The van der Waals surface area contributed by atoms with Crippen molar-refractivity contribution in [3.05, 3.63) is 61.5 Å². The first-order valence-electron chi connectivity index (χ1n) is 8.30. The van der Waals surface area contributed by atoms with Crippen molar-refractivity contribution in [3.8, 4) is 5.75 Å². The Hall–Kier alpha value is -1.98. The van der Waals surface area contributed by atoms with Crippen molar-refractivity contribution in [3.63, 3.8) is 0 Å². The maximum Gasteiger partial charge on any atom is 0.274 e. The molecule has 1 aliphatic rings. The van der Waals surface area contributed by atoms with Gasteiger partial charge in [0.1, 0.15) is 0 Å². The predicted molar refractivity (Wildman–Crippen MR) is 102 cm³/mol. The molecule has 0 aliphatic carbocycles. The van der Waals surface area contributed by atoms with Gasteiger partial charge < -0.3 is 14.6 Å². The molecule has 138 valence electrons. The molecule has 1 aromatic carbocycles. The van der Waals surface area contributed by atoms with E-state index in [-0.39, 0.29) is 17.0 Å². The number of halogens is 2. The average Bonchev–Trinajstić information content (AvgIpc) is 2.55. The van der Waals surface area contributed by atoms with Crippen molar-refractivity contribution in [1.29, 1.82) is 0 Å². The number of pyridine rings is 1. The van der Waals surface area contributed by atoms with Crippen molar-refractivity contribution >= 4 is 29.1 Å². The molecule has 1 N–H and O–H groups in total. The van der Waals surface area contributed by atoms with Gasteiger partial charge in [-0.25, -0.2) is 0 Å². The fraction of sp³-hybridized carbons (Fsp3) is 0.368. The molecule has 5 nitrogen and oxygen atoms in total. The fourth-order valence-electron chi connectivity index (χ4n) is 3.19. The number of fused-ring (bicyclic) bond motifs is 1. The largest absolute Gasteiger partial charge is 0.503 e. The van der Waals surface area contributed by atoms with Crippen LogP contribution in [0.2, 0.25) is 10.0 Å². The number of benzene rings is 1. The maximum absolute atomic E-state index is 13.0. The van der Waals surface area contributed by atoms with E-state index in [9.17, 15) is 14.7 Å². The van der Waals surface area contributed by atoms with E-state index in [2.05, 4.69) is 0 Å². The fourth-order valence-corrected chi connectivity index (χ4v) is 3.51. The van der Waals surface area contributed by atoms with Gasteiger partial charge in [0.2, 0.25) is 5.43 Å². The van der Waals surface area contributed by atoms with E-state index >= 15 is 0 Å². The van der Waals surface area contributed by atoms with E-state index in [1.165, 1.54) is 6.07 Å². The molecule has 3 rings (SSSR count). The summed E-state index contributed by atoms with van der Waals surface area (Å²) in [6.45, 7) is 7.21. The third-order valence-corrected chi connectivity index (χ3v) is 5.23. The molecule has 2 aromatic rings. The Labute approximate surface area is 161 Å². The van der Waals surface area contributed by atoms with Gasteiger partial charge in [0.15, 0.2) is 11.4 Å². The van der Waals surface area contributed by atoms with E-state index in [0.717, 1.165) is 11.3 Å². The standard InChI is InChI=1S/C19H20Cl2N2O3/c1-19(2,3)15-9-14(24)17(25)16-18(26)22(6-7-23(15)16)10-11-4-5-12(20)13(21)8-11/h4-5,8-9,25H,6-7,10H2,1-3H3. The summed E-state index contributed by atoms with van der Waals surface area (Å²) in [5.74, 6) is -0.870. The lowest BCUT2D eigenvalue weighted by Gasteiger charge is -2.34. The van der Waals surface area contributed by atoms with Gasteiger partial charge >= 0.3 is 0 Å². The van der Waals surface area contributed by atoms with Crippen LogP contribution in [0.4, 0.5) is 0 Å². The summed E-state index contributed by atoms with van der Waals surface area (Å²) in [7, 11) is 0. The Morgan fingerprint density at radius 2 is 1.77 bits per heavy atom. The number of nitrogens with zero attached hydrogens (tertiary/aromatic N) is 2. The van der Waals surface area contributed by atoms with Gasteiger partial charge in [0.25, 0.3) is 5.91 Å². The van der Waals surface area contributed by atoms with E-state index in [1.807, 2.05) is 20.8 Å². The third kappa shape index (κ3) is 3.33. The number of aromatic hydroxyl groups is 1. The SMILES string of the molecule is CC(C)(C)c1cc(=O)c(O)c2n1CCN(Cc1ccc(Cl)c(Cl)c1)C2=O. The number of aromatic nitrogens is 1. The summed E-state index contributed by atoms with van der Waals surface area (Å²) in [6, 6.07) is 6.61. The Bertz CT molecular complexity index is 945. The van der Waals surface area contributed by atoms with Crippen LogP contribution in [0, 0.1) is 0 Å². The molecule has 1 amide bonds. The lowest BCUT2D eigenvalue weighted by Crippen LogP contribution is -2.43. The Kier molecular flexibility index (Phi) is 4.80. The normalized spacial score (nSPS) is 14.5. The van der Waals surface area contributed by atoms with Gasteiger partial charge in [0, 0.05) is 36.8 Å². The molecule has 1 aliphatic heterocycles. The number of carbonyl (C=O) groups is 1. The van der Waals surface area contributed by atoms with Crippen LogP contribution in [0.3, 0.4) is 0 Å². The molecule has 0 spiro atoms. The van der Waals surface area contributed by atoms with E-state index in [0.29, 0.717) is 29.7 Å². The molecule has 0 radical (unpaired) electrons. The molecule has 7 heteroatoms. The van der Waals surface area contributed by atoms with E-state index < -0.39 is 11.2 Å². The molecular weight excluding hydrogens is 375 g/mol. The number of amides is 1. The molecule has 2 heterocycles. The zero-order valence-electron chi connectivity index (χ0n) is 14.8. The first-order chi connectivity index (χ1) is 12.1. The monoisotopic (exact) mass is 394 g/mol. The van der Waals surface area contributed by atoms with Crippen molar-refractivity contribution in [1.82, 2.24) is 9.47 Å². The van der Waals surface area contributed by atoms with Crippen LogP contribution in [0.1, 0.15) is 42.5 Å². The van der Waals surface area contributed by atoms with Crippen LogP contribution < -0.4 is 5.43 Å². The molecule has 0 atom stereocenters. The second-order valence-corrected chi connectivity index (χ2v) is 8.28. The van der Waals surface area contributed by atoms with Crippen molar-refractivity contribution in [2.45, 2.75) is 39.3 Å². The highest BCUT2D eigenvalue weighted by Gasteiger charge is 2.32. The lowest BCUT2D eigenvalue weighted by molar-refractivity contribution is 0.0679. The van der Waals surface area contributed by atoms with E-state index in [1.54, 1.807) is 27.7 Å². The smallest absolute Gasteiger partial charge is 0.274 e. The van der Waals surface area contributed by atoms with Gasteiger partial charge in [-0.2, -0.15) is 0 Å². The van der Waals surface area contributed by atoms with Crippen molar-refractivity contribution < 1.29 is 9.90 Å². The lowest BCUT2D eigenvalue weighted by atomic mass is 9.90. The first kappa shape index (κ1) is 18.8. The van der Waals surface area contributed by atoms with Gasteiger partial charge in [-0.15, -0.1) is 0 Å². The van der Waals surface area contributed by atoms with E-state index in [4.69, 9.17) is 23.2 Å². The first-order valence-corrected chi connectivity index (χ1v) is 9.05. The number of rotatable bonds is 2. The van der Waals surface area contributed by atoms with Gasteiger partial charge in [0.05, 0.1) is 10.0 Å². The van der Waals surface area contributed by atoms with Crippen LogP contribution in [0.25, 0.3) is 0 Å². The van der Waals surface area contributed by atoms with Crippen LogP contribution >= 0.6 is 23.2 Å². The summed E-state index contributed by atoms with van der Waals surface area (Å²) < 4.78 is 1.75. The maximum atomic E-state index is 13.0. The van der Waals surface area contributed by atoms with Crippen LogP contribution in [-0.4, -0.2) is 27.0 Å². The zero-order chi connectivity index (χ0) is 19.2. The van der Waals surface area contributed by atoms with Crippen molar-refractivity contribution in [2.75, 3.05) is 6.54 Å². The van der Waals surface area contributed by atoms with Crippen LogP contribution in [0.15, 0.2) is 29.1 Å². The number of hydrogen-bond acceptors (Lipinski definition) is 3. The van der Waals surface area contributed by atoms with Gasteiger partial charge in [-0.3, -0.25) is 9.59 Å². The highest BCUT2D eigenvalue weighted by molar-refractivity contribution is 6.42. The minimum Gasteiger partial charge on any atom is -0.503 e. The van der Waals surface area contributed by atoms with Crippen LogP contribution in [0.5, 0.6) is 5.75 Å². The van der Waals surface area contributed by atoms with Crippen LogP contribution in [-0.2, 0) is 18.5 Å². The minimum absolute atomic E-state index is 0.0498. The second-order valence-electron chi connectivity index (χ2n) is 7.47. The minimum atomic E-state index is -0.536. The molecule has 0 unspecified atom stereocenters. The predicted octanol–water partition coefficient (Wildman–Crippen LogP) is 3.81. The quantitative estimate of drug-likeness (QED) is 0.841. The molecule has 0 saturated heterocycles. The number of hydrogen-bond donors (Lipinski definition) is 1. The van der Waals surface area contributed by atoms with Crippen molar-refractivity contribution in [2.24, 2.45) is 0 Å². The molecule has 0 saturated carbocycles. The van der Waals surface area contributed by atoms with Gasteiger partial charge in [-0.05, 0) is 17.7 Å². The van der Waals surface area contributed by atoms with Gasteiger partial charge in [-0.1, -0.05) is 50.0 Å². The third-order valence-electron chi connectivity index (χ3n) is 4.50. The molecule has 1 aromatic heterocycles. The Morgan fingerprint density at radius 1 is 1.08 bits per heavy atom. The summed E-state index contributed by atoms with van der Waals surface area (Å²) in [4.78, 5) is 26.8. The summed E-state index contributed by atoms with van der Waals surface area (Å²) in [6.07, 6.45) is 0. The zero-order valence-corrected chi connectivity index (χ0v) is 16.4.